The van der Waals surface area contributed by atoms with Crippen molar-refractivity contribution in [3.63, 3.8) is 0 Å². The van der Waals surface area contributed by atoms with Crippen molar-refractivity contribution in [1.82, 2.24) is 5.43 Å². The molecular weight excluding hydrogens is 394 g/mol. The van der Waals surface area contributed by atoms with Crippen LogP contribution in [-0.4, -0.2) is 58.1 Å². The van der Waals surface area contributed by atoms with Crippen LogP contribution >= 0.6 is 0 Å². The van der Waals surface area contributed by atoms with Gasteiger partial charge in [0.15, 0.2) is 17.2 Å². The van der Waals surface area contributed by atoms with Crippen LogP contribution in [0.3, 0.4) is 0 Å². The average molecular weight is 420 g/mol. The summed E-state index contributed by atoms with van der Waals surface area (Å²) in [5.74, 6) is -2.46. The van der Waals surface area contributed by atoms with E-state index in [0.29, 0.717) is 6.42 Å². The van der Waals surface area contributed by atoms with Gasteiger partial charge in [0.25, 0.3) is 0 Å². The van der Waals surface area contributed by atoms with Crippen LogP contribution in [0.4, 0.5) is 8.78 Å². The average Bonchev–Trinajstić information content (AvgIpc) is 3.23. The topological polar surface area (TPSA) is 99.0 Å². The lowest BCUT2D eigenvalue weighted by molar-refractivity contribution is -0.206. The number of Topliss-reactive ketones (excluding diaryl/α,β-unsaturated/α-hetero) is 1. The Labute approximate surface area is 173 Å². The molecule has 30 heavy (non-hydrogen) atoms. The summed E-state index contributed by atoms with van der Waals surface area (Å²) in [7, 11) is 0. The van der Waals surface area contributed by atoms with Crippen molar-refractivity contribution in [2.75, 3.05) is 6.61 Å². The molecule has 3 fully saturated rings. The monoisotopic (exact) mass is 420 g/mol. The first kappa shape index (κ1) is 20.0. The van der Waals surface area contributed by atoms with Gasteiger partial charge in [-0.2, -0.15) is 5.10 Å². The van der Waals surface area contributed by atoms with E-state index in [1.165, 1.54) is 12.2 Å². The Morgan fingerprint density at radius 3 is 2.77 bits per heavy atom. The van der Waals surface area contributed by atoms with Crippen LogP contribution in [0.5, 0.6) is 0 Å². The Morgan fingerprint density at radius 2 is 2.07 bits per heavy atom. The molecule has 1 heterocycles. The molecule has 1 aliphatic heterocycles. The number of fused-ring (bicyclic) bond motifs is 7. The predicted octanol–water partition coefficient (Wildman–Crippen LogP) is 1.42. The molecule has 0 aromatic rings. The number of alkyl halides is 2. The maximum atomic E-state index is 17.0. The lowest BCUT2D eigenvalue weighted by Gasteiger charge is -2.63. The third kappa shape index (κ3) is 1.93. The van der Waals surface area contributed by atoms with Gasteiger partial charge in [0.2, 0.25) is 0 Å². The third-order valence-electron chi connectivity index (χ3n) is 9.06. The highest BCUT2D eigenvalue weighted by Gasteiger charge is 2.77. The van der Waals surface area contributed by atoms with Crippen molar-refractivity contribution in [2.24, 2.45) is 33.7 Å². The molecule has 9 unspecified atom stereocenters. The Kier molecular flexibility index (Phi) is 3.90. The van der Waals surface area contributed by atoms with Crippen LogP contribution in [0.2, 0.25) is 0 Å². The Balaban J connectivity index is 1.67. The Morgan fingerprint density at radius 1 is 1.33 bits per heavy atom. The maximum Gasteiger partial charge on any atom is 0.186 e. The number of aliphatic hydroxyl groups excluding tert-OH is 2. The maximum absolute atomic E-state index is 17.0. The fraction of sp³-hybridized carbons (Fsp3) is 0.682. The number of nitrogens with zero attached hydrogens (tertiary/aromatic N) is 1. The van der Waals surface area contributed by atoms with E-state index in [9.17, 15) is 19.8 Å². The van der Waals surface area contributed by atoms with Gasteiger partial charge in [0, 0.05) is 28.9 Å². The zero-order valence-corrected chi connectivity index (χ0v) is 16.9. The van der Waals surface area contributed by atoms with E-state index in [1.54, 1.807) is 13.1 Å². The molecule has 6 nitrogen and oxygen atoms in total. The first-order valence-corrected chi connectivity index (χ1v) is 10.5. The van der Waals surface area contributed by atoms with Gasteiger partial charge < -0.3 is 10.2 Å². The molecular formula is C22H26F2N2O4. The van der Waals surface area contributed by atoms with Gasteiger partial charge >= 0.3 is 0 Å². The fourth-order valence-electron chi connectivity index (χ4n) is 7.64. The molecule has 3 saturated carbocycles. The highest BCUT2D eigenvalue weighted by atomic mass is 19.1. The molecule has 0 amide bonds. The predicted molar refractivity (Wildman–Crippen MR) is 104 cm³/mol. The number of ketones is 2. The van der Waals surface area contributed by atoms with E-state index in [1.807, 2.05) is 6.92 Å². The van der Waals surface area contributed by atoms with Crippen LogP contribution in [0, 0.1) is 28.6 Å². The van der Waals surface area contributed by atoms with Crippen LogP contribution in [0.25, 0.3) is 0 Å². The highest BCUT2D eigenvalue weighted by Crippen LogP contribution is 2.71. The summed E-state index contributed by atoms with van der Waals surface area (Å²) in [5, 5.41) is 25.0. The summed E-state index contributed by atoms with van der Waals surface area (Å²) >= 11 is 0. The molecule has 0 saturated heterocycles. The quantitative estimate of drug-likeness (QED) is 0.628. The van der Waals surface area contributed by atoms with Gasteiger partial charge in [-0.25, -0.2) is 8.78 Å². The number of aliphatic hydroxyl groups is 2. The second-order valence-electron chi connectivity index (χ2n) is 9.98. The van der Waals surface area contributed by atoms with Crippen molar-refractivity contribution in [3.05, 3.63) is 23.8 Å². The van der Waals surface area contributed by atoms with Crippen LogP contribution in [0.15, 0.2) is 28.9 Å². The Bertz CT molecular complexity index is 934. The number of allylic oxidation sites excluding steroid dienone is 4. The second-order valence-corrected chi connectivity index (χ2v) is 9.98. The number of hydrazone groups is 1. The van der Waals surface area contributed by atoms with E-state index < -0.39 is 58.5 Å². The van der Waals surface area contributed by atoms with Crippen LogP contribution < -0.4 is 5.43 Å². The van der Waals surface area contributed by atoms with E-state index in [-0.39, 0.29) is 30.1 Å². The standard InChI is InChI=1S/C22H26F2N2O4/c1-19-4-3-12(28)6-15(19)16(23)7-14-13-5-11-9-25-26-22(11,18(30)10-27)20(13,2)8-17(29)21(14,19)24/h3-4,6,9,11,13-14,16-17,26-27,29H,5,7-8,10H2,1-2H3. The van der Waals surface area contributed by atoms with Crippen molar-refractivity contribution in [2.45, 2.75) is 56.6 Å². The molecule has 5 aliphatic rings. The molecule has 162 valence electrons. The summed E-state index contributed by atoms with van der Waals surface area (Å²) in [6.07, 6.45) is 2.64. The minimum atomic E-state index is -2.18. The van der Waals surface area contributed by atoms with Crippen molar-refractivity contribution >= 4 is 17.8 Å². The van der Waals surface area contributed by atoms with E-state index in [2.05, 4.69) is 10.5 Å². The van der Waals surface area contributed by atoms with Gasteiger partial charge in [-0.05, 0) is 49.8 Å². The number of carbonyl (C=O) groups excluding carboxylic acids is 2. The molecule has 9 atom stereocenters. The largest absolute Gasteiger partial charge is 0.390 e. The molecule has 8 heteroatoms. The lowest BCUT2D eigenvalue weighted by Crippen LogP contribution is -2.72. The molecule has 4 aliphatic carbocycles. The number of hydrogen-bond acceptors (Lipinski definition) is 6. The van der Waals surface area contributed by atoms with E-state index >= 15 is 8.78 Å². The SMILES string of the molecule is CC12C=CC(=O)C=C1C(F)CC1C3CC4C=NNC4(C(=O)CO)C3(C)CC(O)C12F. The van der Waals surface area contributed by atoms with Crippen LogP contribution in [-0.2, 0) is 9.59 Å². The second kappa shape index (κ2) is 5.85. The number of nitrogens with one attached hydrogen (secondary N) is 1. The number of carbonyl (C=O) groups is 2. The normalized spacial score (nSPS) is 53.3. The first-order chi connectivity index (χ1) is 14.1. The molecule has 0 spiro atoms. The molecule has 3 N–H and O–H groups in total. The van der Waals surface area contributed by atoms with Gasteiger partial charge in [0.1, 0.15) is 18.3 Å². The van der Waals surface area contributed by atoms with Gasteiger partial charge in [-0.15, -0.1) is 0 Å². The van der Waals surface area contributed by atoms with Gasteiger partial charge in [0.05, 0.1) is 6.10 Å². The zero-order chi connectivity index (χ0) is 21.7. The van der Waals surface area contributed by atoms with E-state index in [4.69, 9.17) is 0 Å². The van der Waals surface area contributed by atoms with Crippen molar-refractivity contribution in [1.29, 1.82) is 0 Å². The van der Waals surface area contributed by atoms with Crippen molar-refractivity contribution < 1.29 is 28.6 Å². The first-order valence-electron chi connectivity index (χ1n) is 10.5. The summed E-state index contributed by atoms with van der Waals surface area (Å²) < 4.78 is 32.4. The summed E-state index contributed by atoms with van der Waals surface area (Å²) in [4.78, 5) is 24.8. The molecule has 5 rings (SSSR count). The lowest BCUT2D eigenvalue weighted by atomic mass is 9.44. The minimum absolute atomic E-state index is 0.0368. The summed E-state index contributed by atoms with van der Waals surface area (Å²) in [6.45, 7) is 2.67. The molecule has 0 aromatic carbocycles. The van der Waals surface area contributed by atoms with Gasteiger partial charge in [-0.1, -0.05) is 13.0 Å². The third-order valence-corrected chi connectivity index (χ3v) is 9.06. The highest BCUT2D eigenvalue weighted by molar-refractivity contribution is 6.01. The zero-order valence-electron chi connectivity index (χ0n) is 16.9. The smallest absolute Gasteiger partial charge is 0.186 e. The molecule has 0 radical (unpaired) electrons. The molecule has 0 bridgehead atoms. The number of halogens is 2. The van der Waals surface area contributed by atoms with Crippen molar-refractivity contribution in [3.8, 4) is 0 Å². The molecule has 0 aromatic heterocycles. The fourth-order valence-corrected chi connectivity index (χ4v) is 7.64. The van der Waals surface area contributed by atoms with E-state index in [0.717, 1.165) is 6.08 Å². The number of rotatable bonds is 2. The Hall–Kier alpha value is -1.93. The van der Waals surface area contributed by atoms with Crippen LogP contribution in [0.1, 0.15) is 33.1 Å². The van der Waals surface area contributed by atoms with Gasteiger partial charge in [-0.3, -0.25) is 15.0 Å². The summed E-state index contributed by atoms with van der Waals surface area (Å²) in [6, 6.07) is 0. The number of hydrogen-bond donors (Lipinski definition) is 3. The minimum Gasteiger partial charge on any atom is -0.390 e. The summed E-state index contributed by atoms with van der Waals surface area (Å²) in [5.41, 5.74) is -2.81.